The number of nitrogens with zero attached hydrogens (tertiary/aromatic N) is 4. The first-order valence-electron chi connectivity index (χ1n) is 8.28. The van der Waals surface area contributed by atoms with Gasteiger partial charge in [0.2, 0.25) is 0 Å². The highest BCUT2D eigenvalue weighted by Gasteiger charge is 2.11. The van der Waals surface area contributed by atoms with Crippen LogP contribution in [-0.4, -0.2) is 25.4 Å². The zero-order chi connectivity index (χ0) is 17.9. The van der Waals surface area contributed by atoms with Crippen LogP contribution in [0.1, 0.15) is 21.6 Å². The first-order chi connectivity index (χ1) is 12.7. The average molecular weight is 343 g/mol. The van der Waals surface area contributed by atoms with Crippen molar-refractivity contribution < 1.29 is 4.79 Å². The molecule has 128 valence electrons. The number of hydrogen-bond acceptors (Lipinski definition) is 4. The molecule has 0 saturated heterocycles. The summed E-state index contributed by atoms with van der Waals surface area (Å²) in [5.41, 5.74) is 3.15. The molecule has 0 aliphatic rings. The smallest absolute Gasteiger partial charge is 0.253 e. The van der Waals surface area contributed by atoms with E-state index < -0.39 is 0 Å². The summed E-state index contributed by atoms with van der Waals surface area (Å²) in [5, 5.41) is 3.92. The molecular weight excluding hydrogens is 326 g/mol. The molecule has 3 aromatic heterocycles. The molecular formula is C20H17N5O. The van der Waals surface area contributed by atoms with Crippen LogP contribution in [-0.2, 0) is 6.54 Å². The lowest BCUT2D eigenvalue weighted by Crippen LogP contribution is -2.23. The Balaban J connectivity index is 1.55. The number of benzene rings is 1. The Kier molecular flexibility index (Phi) is 4.15. The van der Waals surface area contributed by atoms with Gasteiger partial charge in [-0.15, -0.1) is 0 Å². The standard InChI is InChI=1S/C20H17N5O/c1-14-5-6-16-3-2-4-17(19(16)24-14)20(26)23-12-15-7-8-22-18(11-15)25-10-9-21-13-25/h2-11,13H,12H2,1H3,(H,23,26). The Hall–Kier alpha value is -3.54. The van der Waals surface area contributed by atoms with Gasteiger partial charge in [-0.05, 0) is 36.8 Å². The van der Waals surface area contributed by atoms with E-state index in [1.54, 1.807) is 24.8 Å². The third-order valence-electron chi connectivity index (χ3n) is 4.14. The van der Waals surface area contributed by atoms with E-state index in [1.165, 1.54) is 0 Å². The predicted molar refractivity (Wildman–Crippen MR) is 99.0 cm³/mol. The molecule has 0 fully saturated rings. The van der Waals surface area contributed by atoms with Gasteiger partial charge < -0.3 is 5.32 Å². The van der Waals surface area contributed by atoms with E-state index in [0.717, 1.165) is 28.0 Å². The molecule has 0 aliphatic heterocycles. The van der Waals surface area contributed by atoms with Crippen LogP contribution >= 0.6 is 0 Å². The van der Waals surface area contributed by atoms with Crippen molar-refractivity contribution in [2.45, 2.75) is 13.5 Å². The number of carbonyl (C=O) groups excluding carboxylic acids is 1. The average Bonchev–Trinajstić information content (AvgIpc) is 3.20. The number of rotatable bonds is 4. The largest absolute Gasteiger partial charge is 0.348 e. The lowest BCUT2D eigenvalue weighted by Gasteiger charge is -2.09. The molecule has 4 rings (SSSR count). The van der Waals surface area contributed by atoms with Crippen LogP contribution in [0.25, 0.3) is 16.7 Å². The van der Waals surface area contributed by atoms with Crippen LogP contribution in [0.2, 0.25) is 0 Å². The molecule has 0 atom stereocenters. The van der Waals surface area contributed by atoms with Gasteiger partial charge >= 0.3 is 0 Å². The summed E-state index contributed by atoms with van der Waals surface area (Å²) in [5.74, 6) is 0.617. The first-order valence-corrected chi connectivity index (χ1v) is 8.28. The number of carbonyl (C=O) groups is 1. The van der Waals surface area contributed by atoms with Crippen LogP contribution in [0, 0.1) is 6.92 Å². The van der Waals surface area contributed by atoms with Gasteiger partial charge in [0.05, 0.1) is 11.1 Å². The number of imidazole rings is 1. The van der Waals surface area contributed by atoms with Crippen molar-refractivity contribution in [3.8, 4) is 5.82 Å². The molecule has 1 aromatic carbocycles. The number of nitrogens with one attached hydrogen (secondary N) is 1. The van der Waals surface area contributed by atoms with Crippen LogP contribution in [0.15, 0.2) is 67.4 Å². The van der Waals surface area contributed by atoms with E-state index >= 15 is 0 Å². The van der Waals surface area contributed by atoms with E-state index in [2.05, 4.69) is 20.3 Å². The molecule has 0 bridgehead atoms. The SMILES string of the molecule is Cc1ccc2cccc(C(=O)NCc3ccnc(-n4ccnc4)c3)c2n1. The molecule has 26 heavy (non-hydrogen) atoms. The number of hydrogen-bond donors (Lipinski definition) is 1. The quantitative estimate of drug-likeness (QED) is 0.618. The minimum absolute atomic E-state index is 0.144. The third kappa shape index (κ3) is 3.17. The van der Waals surface area contributed by atoms with Crippen LogP contribution in [0.3, 0.4) is 0 Å². The lowest BCUT2D eigenvalue weighted by molar-refractivity contribution is 0.0952. The van der Waals surface area contributed by atoms with Gasteiger partial charge in [-0.1, -0.05) is 18.2 Å². The van der Waals surface area contributed by atoms with Crippen molar-refractivity contribution in [3.05, 3.63) is 84.2 Å². The van der Waals surface area contributed by atoms with Gasteiger partial charge in [-0.2, -0.15) is 0 Å². The zero-order valence-electron chi connectivity index (χ0n) is 14.3. The molecule has 0 radical (unpaired) electrons. The summed E-state index contributed by atoms with van der Waals surface area (Å²) in [4.78, 5) is 25.5. The molecule has 3 heterocycles. The number of para-hydroxylation sites is 1. The highest BCUT2D eigenvalue weighted by atomic mass is 16.1. The second kappa shape index (κ2) is 6.76. The fourth-order valence-corrected chi connectivity index (χ4v) is 2.81. The van der Waals surface area contributed by atoms with Crippen molar-refractivity contribution in [2.75, 3.05) is 0 Å². The Bertz CT molecular complexity index is 1070. The molecule has 6 nitrogen and oxygen atoms in total. The summed E-state index contributed by atoms with van der Waals surface area (Å²) in [6.45, 7) is 2.33. The van der Waals surface area contributed by atoms with E-state index in [4.69, 9.17) is 0 Å². The fourth-order valence-electron chi connectivity index (χ4n) is 2.81. The maximum absolute atomic E-state index is 12.7. The molecule has 0 aliphatic carbocycles. The molecule has 1 amide bonds. The van der Waals surface area contributed by atoms with Crippen LogP contribution in [0.4, 0.5) is 0 Å². The summed E-state index contributed by atoms with van der Waals surface area (Å²) in [6, 6.07) is 13.4. The van der Waals surface area contributed by atoms with Crippen molar-refractivity contribution in [1.82, 2.24) is 24.8 Å². The van der Waals surface area contributed by atoms with E-state index in [0.29, 0.717) is 12.1 Å². The van der Waals surface area contributed by atoms with Gasteiger partial charge in [0.1, 0.15) is 12.1 Å². The van der Waals surface area contributed by atoms with E-state index in [9.17, 15) is 4.79 Å². The van der Waals surface area contributed by atoms with E-state index in [-0.39, 0.29) is 5.91 Å². The minimum atomic E-state index is -0.144. The normalized spacial score (nSPS) is 10.8. The summed E-state index contributed by atoms with van der Waals surface area (Å²) in [6.07, 6.45) is 6.94. The third-order valence-corrected chi connectivity index (χ3v) is 4.14. The summed E-state index contributed by atoms with van der Waals surface area (Å²) >= 11 is 0. The van der Waals surface area contributed by atoms with Gasteiger partial charge in [-0.3, -0.25) is 14.3 Å². The minimum Gasteiger partial charge on any atom is -0.348 e. The maximum atomic E-state index is 12.7. The number of fused-ring (bicyclic) bond motifs is 1. The Morgan fingerprint density at radius 1 is 1.15 bits per heavy atom. The van der Waals surface area contributed by atoms with Crippen molar-refractivity contribution >= 4 is 16.8 Å². The number of aromatic nitrogens is 4. The number of aryl methyl sites for hydroxylation is 1. The van der Waals surface area contributed by atoms with Crippen molar-refractivity contribution in [3.63, 3.8) is 0 Å². The Morgan fingerprint density at radius 2 is 2.08 bits per heavy atom. The molecule has 6 heteroatoms. The molecule has 0 unspecified atom stereocenters. The second-order valence-electron chi connectivity index (χ2n) is 6.00. The fraction of sp³-hybridized carbons (Fsp3) is 0.100. The van der Waals surface area contributed by atoms with Crippen LogP contribution in [0.5, 0.6) is 0 Å². The number of pyridine rings is 2. The molecule has 0 spiro atoms. The lowest BCUT2D eigenvalue weighted by atomic mass is 10.1. The van der Waals surface area contributed by atoms with E-state index in [1.807, 2.05) is 54.1 Å². The Morgan fingerprint density at radius 3 is 2.92 bits per heavy atom. The number of amides is 1. The second-order valence-corrected chi connectivity index (χ2v) is 6.00. The highest BCUT2D eigenvalue weighted by molar-refractivity contribution is 6.05. The van der Waals surface area contributed by atoms with Gasteiger partial charge in [0, 0.05) is 36.2 Å². The van der Waals surface area contributed by atoms with Crippen molar-refractivity contribution in [1.29, 1.82) is 0 Å². The maximum Gasteiger partial charge on any atom is 0.253 e. The monoisotopic (exact) mass is 343 g/mol. The first kappa shape index (κ1) is 16.0. The molecule has 0 saturated carbocycles. The molecule has 1 N–H and O–H groups in total. The van der Waals surface area contributed by atoms with Crippen LogP contribution < -0.4 is 5.32 Å². The zero-order valence-corrected chi connectivity index (χ0v) is 14.3. The molecule has 4 aromatic rings. The Labute approximate surface area is 150 Å². The van der Waals surface area contributed by atoms with Gasteiger partial charge in [0.25, 0.3) is 5.91 Å². The summed E-state index contributed by atoms with van der Waals surface area (Å²) in [7, 11) is 0. The predicted octanol–water partition coefficient (Wildman–Crippen LogP) is 3.05. The van der Waals surface area contributed by atoms with Crippen molar-refractivity contribution in [2.24, 2.45) is 0 Å². The highest BCUT2D eigenvalue weighted by Crippen LogP contribution is 2.17. The van der Waals surface area contributed by atoms with Gasteiger partial charge in [0.15, 0.2) is 0 Å². The summed E-state index contributed by atoms with van der Waals surface area (Å²) < 4.78 is 1.82. The topological polar surface area (TPSA) is 72.7 Å². The van der Waals surface area contributed by atoms with Gasteiger partial charge in [-0.25, -0.2) is 9.97 Å².